The SMILES string of the molecule is CCC(CCN)CCC(=O)Cc1ncc(C)c(OC)c1C. The predicted molar refractivity (Wildman–Crippen MR) is 85.7 cm³/mol. The number of aryl methyl sites for hydroxylation is 1. The number of Topliss-reactive ketones (excluding diaryl/α,β-unsaturated/α-hetero) is 1. The maximum absolute atomic E-state index is 12.2. The summed E-state index contributed by atoms with van der Waals surface area (Å²) < 4.78 is 5.38. The van der Waals surface area contributed by atoms with Gasteiger partial charge in [-0.05, 0) is 39.2 Å². The van der Waals surface area contributed by atoms with Gasteiger partial charge in [0.25, 0.3) is 0 Å². The Labute approximate surface area is 128 Å². The standard InChI is InChI=1S/C17H28N2O2/c1-5-14(8-9-18)6-7-15(20)10-16-13(3)17(21-4)12(2)11-19-16/h11,14H,5-10,18H2,1-4H3. The number of carbonyl (C=O) groups excluding carboxylic acids is 1. The number of nitrogens with two attached hydrogens (primary N) is 1. The Hall–Kier alpha value is -1.42. The van der Waals surface area contributed by atoms with E-state index in [1.54, 1.807) is 13.3 Å². The first kappa shape index (κ1) is 17.6. The third-order valence-electron chi connectivity index (χ3n) is 4.10. The number of nitrogens with zero attached hydrogens (tertiary/aromatic N) is 1. The van der Waals surface area contributed by atoms with E-state index in [4.69, 9.17) is 10.5 Å². The molecule has 0 bridgehead atoms. The predicted octanol–water partition coefficient (Wildman–Crippen LogP) is 2.97. The van der Waals surface area contributed by atoms with Crippen molar-refractivity contribution in [1.29, 1.82) is 0 Å². The number of methoxy groups -OCH3 is 1. The first-order chi connectivity index (χ1) is 10.0. The van der Waals surface area contributed by atoms with Crippen LogP contribution in [0, 0.1) is 19.8 Å². The fourth-order valence-corrected chi connectivity index (χ4v) is 2.68. The molecular formula is C17H28N2O2. The van der Waals surface area contributed by atoms with Gasteiger partial charge in [-0.2, -0.15) is 0 Å². The van der Waals surface area contributed by atoms with E-state index in [-0.39, 0.29) is 5.78 Å². The van der Waals surface area contributed by atoms with Gasteiger partial charge in [0.05, 0.1) is 12.8 Å². The number of ketones is 1. The van der Waals surface area contributed by atoms with Crippen LogP contribution in [0.1, 0.15) is 49.4 Å². The molecule has 1 aromatic heterocycles. The second kappa shape index (κ2) is 8.78. The van der Waals surface area contributed by atoms with Gasteiger partial charge < -0.3 is 10.5 Å². The van der Waals surface area contributed by atoms with Gasteiger partial charge in [-0.15, -0.1) is 0 Å². The smallest absolute Gasteiger partial charge is 0.138 e. The molecule has 0 fully saturated rings. The van der Waals surface area contributed by atoms with Gasteiger partial charge in [0.1, 0.15) is 11.5 Å². The molecule has 0 saturated heterocycles. The molecule has 4 nitrogen and oxygen atoms in total. The highest BCUT2D eigenvalue weighted by Crippen LogP contribution is 2.24. The molecule has 1 heterocycles. The van der Waals surface area contributed by atoms with E-state index < -0.39 is 0 Å². The second-order valence-electron chi connectivity index (χ2n) is 5.65. The molecule has 0 amide bonds. The Morgan fingerprint density at radius 2 is 2.10 bits per heavy atom. The fourth-order valence-electron chi connectivity index (χ4n) is 2.68. The highest BCUT2D eigenvalue weighted by Gasteiger charge is 2.14. The van der Waals surface area contributed by atoms with Gasteiger partial charge in [-0.25, -0.2) is 0 Å². The van der Waals surface area contributed by atoms with E-state index in [9.17, 15) is 4.79 Å². The Kier molecular flexibility index (Phi) is 7.37. The number of aromatic nitrogens is 1. The van der Waals surface area contributed by atoms with Crippen LogP contribution in [0.25, 0.3) is 0 Å². The Morgan fingerprint density at radius 3 is 2.67 bits per heavy atom. The van der Waals surface area contributed by atoms with Gasteiger partial charge >= 0.3 is 0 Å². The third kappa shape index (κ3) is 5.12. The molecule has 1 rings (SSSR count). The zero-order valence-corrected chi connectivity index (χ0v) is 13.7. The Balaban J connectivity index is 2.63. The van der Waals surface area contributed by atoms with Crippen LogP contribution in [0.4, 0.5) is 0 Å². The summed E-state index contributed by atoms with van der Waals surface area (Å²) in [5.41, 5.74) is 8.39. The summed E-state index contributed by atoms with van der Waals surface area (Å²) in [6.45, 7) is 6.78. The molecule has 0 saturated carbocycles. The van der Waals surface area contributed by atoms with Crippen LogP contribution in [-0.2, 0) is 11.2 Å². The molecule has 1 aromatic rings. The second-order valence-corrected chi connectivity index (χ2v) is 5.65. The van der Waals surface area contributed by atoms with E-state index in [2.05, 4.69) is 11.9 Å². The molecule has 0 aliphatic carbocycles. The molecule has 0 aromatic carbocycles. The third-order valence-corrected chi connectivity index (χ3v) is 4.10. The molecule has 1 atom stereocenters. The number of rotatable bonds is 9. The van der Waals surface area contributed by atoms with Crippen LogP contribution in [0.3, 0.4) is 0 Å². The summed E-state index contributed by atoms with van der Waals surface area (Å²) in [5.74, 6) is 1.63. The minimum absolute atomic E-state index is 0.243. The van der Waals surface area contributed by atoms with Crippen LogP contribution >= 0.6 is 0 Å². The van der Waals surface area contributed by atoms with E-state index in [1.807, 2.05) is 13.8 Å². The first-order valence-electron chi connectivity index (χ1n) is 7.74. The van der Waals surface area contributed by atoms with E-state index in [0.717, 1.165) is 41.8 Å². The zero-order valence-electron chi connectivity index (χ0n) is 13.7. The normalized spacial score (nSPS) is 12.2. The molecule has 0 spiro atoms. The number of pyridine rings is 1. The minimum Gasteiger partial charge on any atom is -0.496 e. The molecule has 4 heteroatoms. The first-order valence-corrected chi connectivity index (χ1v) is 7.74. The summed E-state index contributed by atoms with van der Waals surface area (Å²) in [6, 6.07) is 0. The van der Waals surface area contributed by atoms with E-state index >= 15 is 0 Å². The minimum atomic E-state index is 0.243. The van der Waals surface area contributed by atoms with Gasteiger partial charge in [-0.1, -0.05) is 13.3 Å². The lowest BCUT2D eigenvalue weighted by molar-refractivity contribution is -0.118. The van der Waals surface area contributed by atoms with Crippen LogP contribution < -0.4 is 10.5 Å². The molecule has 118 valence electrons. The van der Waals surface area contributed by atoms with Gasteiger partial charge in [0.2, 0.25) is 0 Å². The highest BCUT2D eigenvalue weighted by molar-refractivity contribution is 5.80. The maximum atomic E-state index is 12.2. The van der Waals surface area contributed by atoms with Crippen molar-refractivity contribution in [2.75, 3.05) is 13.7 Å². The molecular weight excluding hydrogens is 264 g/mol. The number of hydrogen-bond acceptors (Lipinski definition) is 4. The number of carbonyl (C=O) groups is 1. The van der Waals surface area contributed by atoms with Crippen LogP contribution in [0.15, 0.2) is 6.20 Å². The fraction of sp³-hybridized carbons (Fsp3) is 0.647. The molecule has 1 unspecified atom stereocenters. The number of hydrogen-bond donors (Lipinski definition) is 1. The van der Waals surface area contributed by atoms with Crippen molar-refractivity contribution in [2.24, 2.45) is 11.7 Å². The molecule has 0 radical (unpaired) electrons. The average Bonchev–Trinajstić information content (AvgIpc) is 2.47. The van der Waals surface area contributed by atoms with Crippen molar-refractivity contribution in [2.45, 2.75) is 52.9 Å². The van der Waals surface area contributed by atoms with Crippen molar-refractivity contribution in [3.8, 4) is 5.75 Å². The van der Waals surface area contributed by atoms with Crippen LogP contribution in [-0.4, -0.2) is 24.4 Å². The van der Waals surface area contributed by atoms with Crippen LogP contribution in [0.5, 0.6) is 5.75 Å². The summed E-state index contributed by atoms with van der Waals surface area (Å²) in [5, 5.41) is 0. The molecule has 2 N–H and O–H groups in total. The summed E-state index contributed by atoms with van der Waals surface area (Å²) >= 11 is 0. The highest BCUT2D eigenvalue weighted by atomic mass is 16.5. The van der Waals surface area contributed by atoms with Crippen molar-refractivity contribution in [1.82, 2.24) is 4.98 Å². The zero-order chi connectivity index (χ0) is 15.8. The Morgan fingerprint density at radius 1 is 1.38 bits per heavy atom. The largest absolute Gasteiger partial charge is 0.496 e. The topological polar surface area (TPSA) is 65.2 Å². The summed E-state index contributed by atoms with van der Waals surface area (Å²) in [7, 11) is 1.65. The lowest BCUT2D eigenvalue weighted by Crippen LogP contribution is -2.12. The average molecular weight is 292 g/mol. The maximum Gasteiger partial charge on any atom is 0.138 e. The summed E-state index contributed by atoms with van der Waals surface area (Å²) in [4.78, 5) is 16.6. The van der Waals surface area contributed by atoms with Gasteiger partial charge in [0.15, 0.2) is 0 Å². The van der Waals surface area contributed by atoms with Crippen molar-refractivity contribution in [3.63, 3.8) is 0 Å². The van der Waals surface area contributed by atoms with Crippen molar-refractivity contribution < 1.29 is 9.53 Å². The van der Waals surface area contributed by atoms with Crippen molar-refractivity contribution >= 4 is 5.78 Å². The molecule has 0 aliphatic heterocycles. The lowest BCUT2D eigenvalue weighted by Gasteiger charge is -2.14. The van der Waals surface area contributed by atoms with E-state index in [0.29, 0.717) is 25.3 Å². The molecule has 21 heavy (non-hydrogen) atoms. The summed E-state index contributed by atoms with van der Waals surface area (Å²) in [6.07, 6.45) is 5.78. The quantitative estimate of drug-likeness (QED) is 0.760. The monoisotopic (exact) mass is 292 g/mol. The Bertz CT molecular complexity index is 472. The van der Waals surface area contributed by atoms with Gasteiger partial charge in [0, 0.05) is 30.2 Å². The number of ether oxygens (including phenoxy) is 1. The van der Waals surface area contributed by atoms with Gasteiger partial charge in [-0.3, -0.25) is 9.78 Å². The molecule has 0 aliphatic rings. The van der Waals surface area contributed by atoms with Crippen molar-refractivity contribution in [3.05, 3.63) is 23.0 Å². The van der Waals surface area contributed by atoms with E-state index in [1.165, 1.54) is 0 Å². The van der Waals surface area contributed by atoms with Crippen LogP contribution in [0.2, 0.25) is 0 Å². The lowest BCUT2D eigenvalue weighted by atomic mass is 9.94.